The van der Waals surface area contributed by atoms with Gasteiger partial charge in [0.05, 0.1) is 17.9 Å². The van der Waals surface area contributed by atoms with E-state index in [4.69, 9.17) is 0 Å². The molecule has 1 aliphatic carbocycles. The molecule has 0 fully saturated rings. The van der Waals surface area contributed by atoms with Gasteiger partial charge in [-0.15, -0.1) is 0 Å². The number of halogens is 2. The molecule has 0 aromatic carbocycles. The van der Waals surface area contributed by atoms with E-state index < -0.39 is 13.0 Å². The fourth-order valence-corrected chi connectivity index (χ4v) is 3.54. The predicted octanol–water partition coefficient (Wildman–Crippen LogP) is 4.24. The molecule has 0 radical (unpaired) electrons. The van der Waals surface area contributed by atoms with Crippen LogP contribution in [0.25, 0.3) is 16.7 Å². The van der Waals surface area contributed by atoms with Gasteiger partial charge >= 0.3 is 0 Å². The van der Waals surface area contributed by atoms with E-state index in [-0.39, 0.29) is 0 Å². The second-order valence-corrected chi connectivity index (χ2v) is 7.69. The van der Waals surface area contributed by atoms with E-state index in [1.807, 2.05) is 18.3 Å². The van der Waals surface area contributed by atoms with Crippen molar-refractivity contribution in [3.8, 4) is 0 Å². The lowest BCUT2D eigenvalue weighted by molar-refractivity contribution is 0.127. The summed E-state index contributed by atoms with van der Waals surface area (Å²) in [4.78, 5) is 18.2. The van der Waals surface area contributed by atoms with Crippen LogP contribution in [0.15, 0.2) is 24.4 Å². The van der Waals surface area contributed by atoms with Crippen LogP contribution in [-0.4, -0.2) is 37.5 Å². The molecule has 3 aromatic rings. The molecule has 152 valence electrons. The highest BCUT2D eigenvalue weighted by molar-refractivity contribution is 5.83. The number of imidazole rings is 1. The molecular formula is C21H24F2N6. The Kier molecular flexibility index (Phi) is 5.25. The minimum absolute atomic E-state index is 0.414. The molecule has 1 aliphatic rings. The quantitative estimate of drug-likeness (QED) is 0.673. The number of aryl methyl sites for hydroxylation is 2. The molecule has 3 aromatic heterocycles. The van der Waals surface area contributed by atoms with Crippen molar-refractivity contribution in [2.24, 2.45) is 5.92 Å². The number of nitrogens with one attached hydrogen (secondary N) is 1. The van der Waals surface area contributed by atoms with Gasteiger partial charge in [-0.05, 0) is 37.8 Å². The lowest BCUT2D eigenvalue weighted by atomic mass is 9.93. The number of hydrogen-bond acceptors (Lipinski definition) is 5. The first-order valence-electron chi connectivity index (χ1n) is 9.85. The van der Waals surface area contributed by atoms with Crippen molar-refractivity contribution >= 4 is 22.7 Å². The van der Waals surface area contributed by atoms with E-state index >= 15 is 0 Å². The molecule has 0 spiro atoms. The molecule has 29 heavy (non-hydrogen) atoms. The number of pyridine rings is 1. The molecule has 1 N–H and O–H groups in total. The topological polar surface area (TPSA) is 68.5 Å². The van der Waals surface area contributed by atoms with E-state index in [0.717, 1.165) is 41.9 Å². The van der Waals surface area contributed by atoms with Crippen molar-refractivity contribution in [2.75, 3.05) is 11.9 Å². The molecule has 0 unspecified atom stereocenters. The second kappa shape index (κ2) is 7.85. The van der Waals surface area contributed by atoms with Gasteiger partial charge in [0.25, 0.3) is 6.43 Å². The van der Waals surface area contributed by atoms with E-state index in [9.17, 15) is 8.78 Å². The van der Waals surface area contributed by atoms with Crippen LogP contribution in [0.5, 0.6) is 0 Å². The summed E-state index contributed by atoms with van der Waals surface area (Å²) >= 11 is 0. The first kappa shape index (κ1) is 19.4. The van der Waals surface area contributed by atoms with Crippen molar-refractivity contribution in [1.29, 1.82) is 0 Å². The van der Waals surface area contributed by atoms with E-state index in [1.165, 1.54) is 4.57 Å². The number of anilines is 1. The maximum atomic E-state index is 13.0. The molecule has 0 amide bonds. The van der Waals surface area contributed by atoms with Crippen LogP contribution in [0.4, 0.5) is 14.7 Å². The molecule has 0 saturated heterocycles. The number of alkyl halides is 2. The Morgan fingerprint density at radius 3 is 2.76 bits per heavy atom. The average Bonchev–Trinajstić information content (AvgIpc) is 2.99. The van der Waals surface area contributed by atoms with E-state index in [0.29, 0.717) is 28.9 Å². The Morgan fingerprint density at radius 2 is 2.00 bits per heavy atom. The van der Waals surface area contributed by atoms with Gasteiger partial charge in [-0.1, -0.05) is 19.9 Å². The number of nitrogens with zero attached hydrogens (tertiary/aromatic N) is 5. The van der Waals surface area contributed by atoms with Gasteiger partial charge in [0.1, 0.15) is 11.3 Å². The Morgan fingerprint density at radius 1 is 1.17 bits per heavy atom. The number of hydrogen-bond donors (Lipinski definition) is 1. The lowest BCUT2D eigenvalue weighted by Gasteiger charge is -2.18. The zero-order valence-corrected chi connectivity index (χ0v) is 16.8. The Bertz CT molecular complexity index is 1070. The summed E-state index contributed by atoms with van der Waals surface area (Å²) in [6.07, 6.45) is 3.16. The standard InChI is InChI=1S/C21H24F2N6/c1-12(2)9-24-21-25-10-15-14(5-4-6-16(15)28-21)17-7-8-18-20(27-17)29(11-19(22)23)13(3)26-18/h5,7-8,10,12,19H,4,6,9,11H2,1-3H3,(H,24,25,28). The first-order chi connectivity index (χ1) is 13.9. The van der Waals surface area contributed by atoms with Gasteiger partial charge < -0.3 is 9.88 Å². The summed E-state index contributed by atoms with van der Waals surface area (Å²) in [5.74, 6) is 1.67. The third-order valence-electron chi connectivity index (χ3n) is 4.94. The summed E-state index contributed by atoms with van der Waals surface area (Å²) in [6, 6.07) is 3.72. The van der Waals surface area contributed by atoms with Crippen molar-refractivity contribution in [2.45, 2.75) is 46.6 Å². The van der Waals surface area contributed by atoms with Gasteiger partial charge in [0.15, 0.2) is 5.65 Å². The van der Waals surface area contributed by atoms with E-state index in [1.54, 1.807) is 6.92 Å². The van der Waals surface area contributed by atoms with Crippen LogP contribution in [0.3, 0.4) is 0 Å². The van der Waals surface area contributed by atoms with Gasteiger partial charge in [-0.2, -0.15) is 0 Å². The largest absolute Gasteiger partial charge is 0.354 e. The predicted molar refractivity (Wildman–Crippen MR) is 109 cm³/mol. The van der Waals surface area contributed by atoms with Crippen molar-refractivity contribution in [3.05, 3.63) is 47.2 Å². The monoisotopic (exact) mass is 398 g/mol. The molecule has 6 nitrogen and oxygen atoms in total. The van der Waals surface area contributed by atoms with Gasteiger partial charge in [-0.25, -0.2) is 28.7 Å². The maximum Gasteiger partial charge on any atom is 0.256 e. The van der Waals surface area contributed by atoms with Gasteiger partial charge in [0.2, 0.25) is 5.95 Å². The third kappa shape index (κ3) is 3.97. The van der Waals surface area contributed by atoms with Crippen LogP contribution in [-0.2, 0) is 13.0 Å². The minimum atomic E-state index is -2.46. The lowest BCUT2D eigenvalue weighted by Crippen LogP contribution is -2.13. The highest BCUT2D eigenvalue weighted by Gasteiger charge is 2.20. The molecule has 0 aliphatic heterocycles. The number of aromatic nitrogens is 5. The summed E-state index contributed by atoms with van der Waals surface area (Å²) in [5.41, 5.74) is 4.67. The van der Waals surface area contributed by atoms with Crippen LogP contribution in [0, 0.1) is 12.8 Å². The average molecular weight is 398 g/mol. The molecule has 8 heteroatoms. The molecular weight excluding hydrogens is 374 g/mol. The highest BCUT2D eigenvalue weighted by atomic mass is 19.3. The van der Waals surface area contributed by atoms with Crippen molar-refractivity contribution < 1.29 is 8.78 Å². The van der Waals surface area contributed by atoms with Crippen molar-refractivity contribution in [3.63, 3.8) is 0 Å². The molecule has 0 bridgehead atoms. The minimum Gasteiger partial charge on any atom is -0.354 e. The van der Waals surface area contributed by atoms with E-state index in [2.05, 4.69) is 45.2 Å². The fraction of sp³-hybridized carbons (Fsp3) is 0.429. The molecule has 4 rings (SSSR count). The molecule has 0 atom stereocenters. The summed E-state index contributed by atoms with van der Waals surface area (Å²) in [5, 5.41) is 3.26. The van der Waals surface area contributed by atoms with Gasteiger partial charge in [-0.3, -0.25) is 0 Å². The number of fused-ring (bicyclic) bond motifs is 2. The fourth-order valence-electron chi connectivity index (χ4n) is 3.54. The van der Waals surface area contributed by atoms with Crippen LogP contribution in [0.1, 0.15) is 43.0 Å². The Labute approximate surface area is 168 Å². The third-order valence-corrected chi connectivity index (χ3v) is 4.94. The normalized spacial score (nSPS) is 13.8. The SMILES string of the molecule is Cc1nc2ccc(C3=CCCc4nc(NCC(C)C)ncc43)nc2n1CC(F)F. The summed E-state index contributed by atoms with van der Waals surface area (Å²) in [6.45, 7) is 6.39. The van der Waals surface area contributed by atoms with Crippen LogP contribution in [0.2, 0.25) is 0 Å². The smallest absolute Gasteiger partial charge is 0.256 e. The second-order valence-electron chi connectivity index (χ2n) is 7.69. The molecule has 0 saturated carbocycles. The number of rotatable bonds is 6. The van der Waals surface area contributed by atoms with Crippen LogP contribution < -0.4 is 5.32 Å². The summed E-state index contributed by atoms with van der Waals surface area (Å²) < 4.78 is 27.5. The summed E-state index contributed by atoms with van der Waals surface area (Å²) in [7, 11) is 0. The van der Waals surface area contributed by atoms with Gasteiger partial charge in [0, 0.05) is 23.9 Å². The van der Waals surface area contributed by atoms with Crippen molar-refractivity contribution in [1.82, 2.24) is 24.5 Å². The molecule has 3 heterocycles. The zero-order valence-electron chi connectivity index (χ0n) is 16.8. The first-order valence-corrected chi connectivity index (χ1v) is 9.85. The number of allylic oxidation sites excluding steroid dienone is 1. The van der Waals surface area contributed by atoms with Crippen LogP contribution >= 0.6 is 0 Å². The zero-order chi connectivity index (χ0) is 20.5. The maximum absolute atomic E-state index is 13.0. The highest BCUT2D eigenvalue weighted by Crippen LogP contribution is 2.31. The Hall–Kier alpha value is -2.90. The Balaban J connectivity index is 1.70.